The van der Waals surface area contributed by atoms with E-state index in [1.807, 2.05) is 6.07 Å². The lowest BCUT2D eigenvalue weighted by atomic mass is 10.1. The summed E-state index contributed by atoms with van der Waals surface area (Å²) in [4.78, 5) is 8.75. The molecule has 1 aliphatic rings. The molecule has 2 aromatic rings. The summed E-state index contributed by atoms with van der Waals surface area (Å²) in [6.07, 6.45) is 0.823. The summed E-state index contributed by atoms with van der Waals surface area (Å²) in [6.45, 7) is 6.73. The number of benzene rings is 1. The van der Waals surface area contributed by atoms with Crippen LogP contribution in [0.25, 0.3) is 0 Å². The fourth-order valence-corrected chi connectivity index (χ4v) is 3.47. The Bertz CT molecular complexity index is 548. The van der Waals surface area contributed by atoms with Crippen LogP contribution < -0.4 is 15.5 Å². The summed E-state index contributed by atoms with van der Waals surface area (Å²) in [6, 6.07) is 10.4. The average molecular weight is 305 g/mol. The normalized spacial score (nSPS) is 16.3. The van der Waals surface area contributed by atoms with E-state index in [1.165, 1.54) is 36.7 Å². The monoisotopic (exact) mass is 305 g/mol. The van der Waals surface area contributed by atoms with Crippen molar-refractivity contribution in [2.75, 3.05) is 44.2 Å². The van der Waals surface area contributed by atoms with Gasteiger partial charge in [-0.2, -0.15) is 4.37 Å². The van der Waals surface area contributed by atoms with Crippen molar-refractivity contribution >= 4 is 16.7 Å². The third-order valence-electron chi connectivity index (χ3n) is 3.93. The van der Waals surface area contributed by atoms with Gasteiger partial charge in [-0.25, -0.2) is 4.98 Å². The van der Waals surface area contributed by atoms with Crippen LogP contribution >= 0.6 is 11.5 Å². The van der Waals surface area contributed by atoms with Crippen LogP contribution in [-0.2, 0) is 6.42 Å². The number of hydrogen-bond donors (Lipinski definition) is 2. The first-order valence-electron chi connectivity index (χ1n) is 7.59. The van der Waals surface area contributed by atoms with Crippen molar-refractivity contribution in [3.63, 3.8) is 0 Å². The summed E-state index contributed by atoms with van der Waals surface area (Å²) in [5.74, 6) is 0.939. The number of piperazine rings is 1. The fourth-order valence-electron chi connectivity index (χ4n) is 2.74. The topological polar surface area (TPSA) is 61.1 Å². The molecule has 0 unspecified atom stereocenters. The van der Waals surface area contributed by atoms with Crippen molar-refractivity contribution in [3.8, 4) is 0 Å². The molecule has 0 aliphatic carbocycles. The van der Waals surface area contributed by atoms with Crippen molar-refractivity contribution in [2.45, 2.75) is 6.42 Å². The molecule has 0 radical (unpaired) electrons. The maximum Gasteiger partial charge on any atom is 0.205 e. The second-order valence-electron chi connectivity index (χ2n) is 5.50. The number of quaternary nitrogens is 2. The van der Waals surface area contributed by atoms with Gasteiger partial charge in [0.25, 0.3) is 0 Å². The van der Waals surface area contributed by atoms with Crippen molar-refractivity contribution < 1.29 is 10.6 Å². The molecule has 0 spiro atoms. The molecule has 2 heterocycles. The SMILES string of the molecule is [NH3+]CC[NH+]1CCN(c2nc(Cc3ccccc3)ns2)CC1. The van der Waals surface area contributed by atoms with Crippen molar-refractivity contribution in [3.05, 3.63) is 41.7 Å². The van der Waals surface area contributed by atoms with Crippen LogP contribution in [0.3, 0.4) is 0 Å². The second kappa shape index (κ2) is 6.98. The van der Waals surface area contributed by atoms with Crippen LogP contribution in [0.5, 0.6) is 0 Å². The van der Waals surface area contributed by atoms with Gasteiger partial charge in [0.15, 0.2) is 0 Å². The third kappa shape index (κ3) is 3.78. The van der Waals surface area contributed by atoms with Gasteiger partial charge in [0.05, 0.1) is 26.2 Å². The van der Waals surface area contributed by atoms with Crippen LogP contribution in [0.1, 0.15) is 11.4 Å². The molecule has 0 bridgehead atoms. The Balaban J connectivity index is 1.58. The molecule has 1 saturated heterocycles. The van der Waals surface area contributed by atoms with Crippen LogP contribution in [0, 0.1) is 0 Å². The van der Waals surface area contributed by atoms with Gasteiger partial charge < -0.3 is 15.5 Å². The Morgan fingerprint density at radius 1 is 1.19 bits per heavy atom. The van der Waals surface area contributed by atoms with E-state index in [2.05, 4.69) is 39.3 Å². The molecule has 1 aromatic carbocycles. The minimum Gasteiger partial charge on any atom is -0.353 e. The smallest absolute Gasteiger partial charge is 0.205 e. The molecule has 0 atom stereocenters. The van der Waals surface area contributed by atoms with Gasteiger partial charge in [-0.3, -0.25) is 0 Å². The van der Waals surface area contributed by atoms with Gasteiger partial charge in [-0.15, -0.1) is 0 Å². The summed E-state index contributed by atoms with van der Waals surface area (Å²) >= 11 is 1.53. The summed E-state index contributed by atoms with van der Waals surface area (Å²) < 4.78 is 4.51. The van der Waals surface area contributed by atoms with Crippen molar-refractivity contribution in [1.29, 1.82) is 0 Å². The zero-order chi connectivity index (χ0) is 14.5. The summed E-state index contributed by atoms with van der Waals surface area (Å²) in [5.41, 5.74) is 5.22. The number of hydrogen-bond acceptors (Lipinski definition) is 4. The van der Waals surface area contributed by atoms with Gasteiger partial charge in [-0.05, 0) is 5.56 Å². The average Bonchev–Trinajstić information content (AvgIpc) is 2.98. The largest absolute Gasteiger partial charge is 0.353 e. The van der Waals surface area contributed by atoms with E-state index < -0.39 is 0 Å². The first kappa shape index (κ1) is 14.4. The molecular weight excluding hydrogens is 282 g/mol. The molecule has 112 valence electrons. The zero-order valence-corrected chi connectivity index (χ0v) is 13.1. The van der Waals surface area contributed by atoms with Gasteiger partial charge in [0.2, 0.25) is 5.13 Å². The molecule has 1 aromatic heterocycles. The van der Waals surface area contributed by atoms with Crippen LogP contribution in [0.2, 0.25) is 0 Å². The van der Waals surface area contributed by atoms with E-state index in [0.717, 1.165) is 37.0 Å². The van der Waals surface area contributed by atoms with Crippen molar-refractivity contribution in [1.82, 2.24) is 9.36 Å². The highest BCUT2D eigenvalue weighted by atomic mass is 32.1. The predicted molar refractivity (Wildman–Crippen MR) is 84.7 cm³/mol. The number of nitrogens with zero attached hydrogens (tertiary/aromatic N) is 3. The number of aromatic nitrogens is 2. The molecule has 0 saturated carbocycles. The fraction of sp³-hybridized carbons (Fsp3) is 0.467. The van der Waals surface area contributed by atoms with Gasteiger partial charge in [-0.1, -0.05) is 30.3 Å². The molecule has 0 amide bonds. The predicted octanol–water partition coefficient (Wildman–Crippen LogP) is -0.924. The molecule has 1 aliphatic heterocycles. The van der Waals surface area contributed by atoms with Crippen LogP contribution in [-0.4, -0.2) is 48.6 Å². The van der Waals surface area contributed by atoms with E-state index in [-0.39, 0.29) is 0 Å². The van der Waals surface area contributed by atoms with E-state index in [9.17, 15) is 0 Å². The Hall–Kier alpha value is -1.50. The standard InChI is InChI=1S/C15H21N5S/c16-6-7-19-8-10-20(11-9-19)15-17-14(18-21-15)12-13-4-2-1-3-5-13/h1-5H,6-12,16H2/p+2. The third-order valence-corrected chi connectivity index (χ3v) is 4.75. The summed E-state index contributed by atoms with van der Waals surface area (Å²) in [7, 11) is 0. The van der Waals surface area contributed by atoms with E-state index in [4.69, 9.17) is 4.98 Å². The minimum atomic E-state index is 0.823. The van der Waals surface area contributed by atoms with E-state index in [0.29, 0.717) is 0 Å². The van der Waals surface area contributed by atoms with E-state index in [1.54, 1.807) is 4.90 Å². The molecule has 1 fully saturated rings. The Kier molecular flexibility index (Phi) is 4.80. The van der Waals surface area contributed by atoms with Gasteiger partial charge >= 0.3 is 0 Å². The number of nitrogens with one attached hydrogen (secondary N) is 1. The first-order chi connectivity index (χ1) is 10.3. The Morgan fingerprint density at radius 3 is 2.67 bits per heavy atom. The lowest BCUT2D eigenvalue weighted by Gasteiger charge is -2.31. The van der Waals surface area contributed by atoms with Crippen LogP contribution in [0.15, 0.2) is 30.3 Å². The maximum atomic E-state index is 4.71. The lowest BCUT2D eigenvalue weighted by Crippen LogP contribution is -3.16. The molecule has 4 N–H and O–H groups in total. The Labute approximate surface area is 129 Å². The summed E-state index contributed by atoms with van der Waals surface area (Å²) in [5, 5.41) is 1.08. The second-order valence-corrected chi connectivity index (χ2v) is 6.23. The molecule has 5 nitrogen and oxygen atoms in total. The lowest BCUT2D eigenvalue weighted by molar-refractivity contribution is -0.905. The molecule has 6 heteroatoms. The highest BCUT2D eigenvalue weighted by Gasteiger charge is 2.22. The molecule has 3 rings (SSSR count). The van der Waals surface area contributed by atoms with Gasteiger partial charge in [0, 0.05) is 18.0 Å². The number of anilines is 1. The maximum absolute atomic E-state index is 4.71. The Morgan fingerprint density at radius 2 is 1.95 bits per heavy atom. The van der Waals surface area contributed by atoms with Crippen LogP contribution in [0.4, 0.5) is 5.13 Å². The van der Waals surface area contributed by atoms with Crippen molar-refractivity contribution in [2.24, 2.45) is 0 Å². The number of rotatable bonds is 5. The van der Waals surface area contributed by atoms with Gasteiger partial charge in [0.1, 0.15) is 18.9 Å². The molecular formula is C15H23N5S+2. The minimum absolute atomic E-state index is 0.823. The molecule has 21 heavy (non-hydrogen) atoms. The highest BCUT2D eigenvalue weighted by Crippen LogP contribution is 2.18. The van der Waals surface area contributed by atoms with E-state index >= 15 is 0 Å². The zero-order valence-electron chi connectivity index (χ0n) is 12.3. The quantitative estimate of drug-likeness (QED) is 0.751. The first-order valence-corrected chi connectivity index (χ1v) is 8.37. The highest BCUT2D eigenvalue weighted by molar-refractivity contribution is 7.09.